The highest BCUT2D eigenvalue weighted by Gasteiger charge is 2.46. The number of alkyl halides is 3. The number of fused-ring (bicyclic) bond motifs is 2. The van der Waals surface area contributed by atoms with E-state index in [0.717, 1.165) is 21.1 Å². The fourth-order valence-corrected chi connectivity index (χ4v) is 4.46. The molecule has 6 nitrogen and oxygen atoms in total. The van der Waals surface area contributed by atoms with Crippen LogP contribution in [0.3, 0.4) is 0 Å². The van der Waals surface area contributed by atoms with E-state index in [1.54, 1.807) is 24.3 Å². The second-order valence-corrected chi connectivity index (χ2v) is 8.70. The number of anilines is 1. The summed E-state index contributed by atoms with van der Waals surface area (Å²) in [6.45, 7) is 0.326. The lowest BCUT2D eigenvalue weighted by Gasteiger charge is -2.33. The van der Waals surface area contributed by atoms with Crippen molar-refractivity contribution in [2.24, 2.45) is 0 Å². The van der Waals surface area contributed by atoms with Crippen LogP contribution >= 0.6 is 11.6 Å². The molecule has 0 bridgehead atoms. The Morgan fingerprint density at radius 1 is 1.18 bits per heavy atom. The molecule has 0 spiro atoms. The number of halogens is 4. The van der Waals surface area contributed by atoms with Gasteiger partial charge in [-0.1, -0.05) is 41.9 Å². The third kappa shape index (κ3) is 4.35. The number of hydrogen-bond acceptors (Lipinski definition) is 3. The number of hydrogen-bond donors (Lipinski definition) is 3. The van der Waals surface area contributed by atoms with Crippen LogP contribution in [-0.2, 0) is 6.42 Å². The second-order valence-electron chi connectivity index (χ2n) is 8.27. The maximum absolute atomic E-state index is 13.9. The molecule has 176 valence electrons. The third-order valence-electron chi connectivity index (χ3n) is 6.05. The van der Waals surface area contributed by atoms with Crippen LogP contribution in [0.15, 0.2) is 60.8 Å². The number of para-hydroxylation sites is 1. The molecule has 2 aromatic carbocycles. The van der Waals surface area contributed by atoms with Crippen molar-refractivity contribution in [3.05, 3.63) is 82.6 Å². The number of carbonyl (C=O) groups excluding carboxylic acids is 1. The maximum atomic E-state index is 13.9. The van der Waals surface area contributed by atoms with Gasteiger partial charge in [0, 0.05) is 41.2 Å². The number of benzene rings is 2. The van der Waals surface area contributed by atoms with Crippen molar-refractivity contribution in [2.75, 3.05) is 11.9 Å². The SMILES string of the molecule is O=C(NCCc1c[nH]c2ccccc12)c1cc2n(n1)[C@@H](C(F)(F)F)C[C@H](c1ccc(Cl)cc1)N2. The van der Waals surface area contributed by atoms with Crippen molar-refractivity contribution in [2.45, 2.75) is 31.1 Å². The van der Waals surface area contributed by atoms with Gasteiger partial charge in [-0.2, -0.15) is 18.3 Å². The summed E-state index contributed by atoms with van der Waals surface area (Å²) in [5.41, 5.74) is 2.66. The Bertz CT molecular complexity index is 1330. The van der Waals surface area contributed by atoms with Crippen LogP contribution in [0, 0.1) is 0 Å². The molecular formula is C24H21ClF3N5O. The Balaban J connectivity index is 1.32. The number of H-pyrrole nitrogens is 1. The van der Waals surface area contributed by atoms with Gasteiger partial charge in [0.15, 0.2) is 11.7 Å². The van der Waals surface area contributed by atoms with Crippen LogP contribution in [0.25, 0.3) is 10.9 Å². The molecule has 3 N–H and O–H groups in total. The van der Waals surface area contributed by atoms with Gasteiger partial charge in [-0.05, 0) is 35.7 Å². The first-order valence-corrected chi connectivity index (χ1v) is 11.2. The van der Waals surface area contributed by atoms with E-state index in [2.05, 4.69) is 20.7 Å². The van der Waals surface area contributed by atoms with Gasteiger partial charge >= 0.3 is 6.18 Å². The lowest BCUT2D eigenvalue weighted by Crippen LogP contribution is -2.35. The van der Waals surface area contributed by atoms with E-state index in [9.17, 15) is 18.0 Å². The minimum atomic E-state index is -4.52. The zero-order valence-electron chi connectivity index (χ0n) is 17.9. The molecule has 1 aliphatic heterocycles. The zero-order chi connectivity index (χ0) is 23.9. The van der Waals surface area contributed by atoms with Gasteiger partial charge in [-0.15, -0.1) is 0 Å². The quantitative estimate of drug-likeness (QED) is 0.340. The third-order valence-corrected chi connectivity index (χ3v) is 6.30. The predicted molar refractivity (Wildman–Crippen MR) is 124 cm³/mol. The molecule has 0 saturated carbocycles. The largest absolute Gasteiger partial charge is 0.410 e. The number of rotatable bonds is 5. The molecule has 1 aliphatic rings. The number of nitrogens with zero attached hydrogens (tertiary/aromatic N) is 2. The monoisotopic (exact) mass is 487 g/mol. The zero-order valence-corrected chi connectivity index (χ0v) is 18.6. The summed E-state index contributed by atoms with van der Waals surface area (Å²) < 4.78 is 42.4. The summed E-state index contributed by atoms with van der Waals surface area (Å²) in [6.07, 6.45) is -2.30. The number of carbonyl (C=O) groups is 1. The van der Waals surface area contributed by atoms with E-state index >= 15 is 0 Å². The molecule has 4 aromatic rings. The van der Waals surface area contributed by atoms with Crippen LogP contribution in [0.4, 0.5) is 19.0 Å². The summed E-state index contributed by atoms with van der Waals surface area (Å²) in [6, 6.07) is 13.4. The van der Waals surface area contributed by atoms with Gasteiger partial charge < -0.3 is 15.6 Å². The lowest BCUT2D eigenvalue weighted by molar-refractivity contribution is -0.173. The average molecular weight is 488 g/mol. The molecule has 34 heavy (non-hydrogen) atoms. The summed E-state index contributed by atoms with van der Waals surface area (Å²) in [7, 11) is 0. The van der Waals surface area contributed by atoms with Crippen LogP contribution in [0.2, 0.25) is 5.02 Å². The smallest absolute Gasteiger partial charge is 0.363 e. The minimum absolute atomic E-state index is 0.0626. The minimum Gasteiger partial charge on any atom is -0.363 e. The first kappa shape index (κ1) is 22.3. The highest BCUT2D eigenvalue weighted by molar-refractivity contribution is 6.30. The summed E-state index contributed by atoms with van der Waals surface area (Å²) in [4.78, 5) is 15.9. The van der Waals surface area contributed by atoms with Gasteiger partial charge in [0.05, 0.1) is 6.04 Å². The highest BCUT2D eigenvalue weighted by atomic mass is 35.5. The van der Waals surface area contributed by atoms with Gasteiger partial charge in [-0.3, -0.25) is 4.79 Å². The topological polar surface area (TPSA) is 74.7 Å². The Labute approximate surface area is 198 Å². The van der Waals surface area contributed by atoms with Crippen molar-refractivity contribution in [1.29, 1.82) is 0 Å². The Morgan fingerprint density at radius 3 is 2.71 bits per heavy atom. The van der Waals surface area contributed by atoms with E-state index in [4.69, 9.17) is 11.6 Å². The van der Waals surface area contributed by atoms with E-state index in [-0.39, 0.29) is 17.9 Å². The lowest BCUT2D eigenvalue weighted by atomic mass is 9.97. The fraction of sp³-hybridized carbons (Fsp3) is 0.250. The van der Waals surface area contributed by atoms with Crippen molar-refractivity contribution in [3.8, 4) is 0 Å². The normalized spacial score (nSPS) is 17.9. The van der Waals surface area contributed by atoms with Crippen LogP contribution in [0.1, 0.15) is 40.1 Å². The molecule has 1 amide bonds. The van der Waals surface area contributed by atoms with Crippen LogP contribution in [-0.4, -0.2) is 33.4 Å². The molecule has 5 rings (SSSR count). The Morgan fingerprint density at radius 2 is 1.94 bits per heavy atom. The van der Waals surface area contributed by atoms with E-state index in [1.165, 1.54) is 6.07 Å². The molecule has 10 heteroatoms. The van der Waals surface area contributed by atoms with E-state index in [0.29, 0.717) is 23.6 Å². The average Bonchev–Trinajstić information content (AvgIpc) is 3.42. The molecule has 0 radical (unpaired) electrons. The molecule has 0 unspecified atom stereocenters. The molecule has 0 fully saturated rings. The van der Waals surface area contributed by atoms with Crippen LogP contribution < -0.4 is 10.6 Å². The Kier molecular flexibility index (Phi) is 5.73. The van der Waals surface area contributed by atoms with Gasteiger partial charge in [0.1, 0.15) is 5.82 Å². The van der Waals surface area contributed by atoms with Gasteiger partial charge in [0.25, 0.3) is 5.91 Å². The molecule has 2 aromatic heterocycles. The molecular weight excluding hydrogens is 467 g/mol. The summed E-state index contributed by atoms with van der Waals surface area (Å²) >= 11 is 5.91. The maximum Gasteiger partial charge on any atom is 0.410 e. The Hall–Kier alpha value is -3.46. The standard InChI is InChI=1S/C24H21ClF3N5O/c25-16-7-5-14(6-8-16)19-11-21(24(26,27)28)33-22(31-19)12-20(32-33)23(34)29-10-9-15-13-30-18-4-2-1-3-17(15)18/h1-8,12-13,19,21,30-31H,9-11H2,(H,29,34)/t19-,21-/m1/s1. The van der Waals surface area contributed by atoms with E-state index < -0.39 is 24.2 Å². The molecule has 0 aliphatic carbocycles. The number of amides is 1. The van der Waals surface area contributed by atoms with Crippen molar-refractivity contribution in [1.82, 2.24) is 20.1 Å². The van der Waals surface area contributed by atoms with Crippen molar-refractivity contribution >= 4 is 34.2 Å². The van der Waals surface area contributed by atoms with Crippen molar-refractivity contribution in [3.63, 3.8) is 0 Å². The van der Waals surface area contributed by atoms with Gasteiger partial charge in [0.2, 0.25) is 0 Å². The second kappa shape index (κ2) is 8.72. The highest BCUT2D eigenvalue weighted by Crippen LogP contribution is 2.43. The summed E-state index contributed by atoms with van der Waals surface area (Å²) in [5, 5.41) is 11.4. The predicted octanol–water partition coefficient (Wildman–Crippen LogP) is 5.65. The number of aromatic nitrogens is 3. The molecule has 0 saturated heterocycles. The first-order chi connectivity index (χ1) is 16.3. The van der Waals surface area contributed by atoms with Crippen molar-refractivity contribution < 1.29 is 18.0 Å². The van der Waals surface area contributed by atoms with Crippen LogP contribution in [0.5, 0.6) is 0 Å². The number of aromatic amines is 1. The number of nitrogens with one attached hydrogen (secondary N) is 3. The molecule has 3 heterocycles. The molecule has 2 atom stereocenters. The van der Waals surface area contributed by atoms with E-state index in [1.807, 2.05) is 30.5 Å². The first-order valence-electron chi connectivity index (χ1n) is 10.8. The fourth-order valence-electron chi connectivity index (χ4n) is 4.34. The van der Waals surface area contributed by atoms with Gasteiger partial charge in [-0.25, -0.2) is 4.68 Å². The summed E-state index contributed by atoms with van der Waals surface area (Å²) in [5.74, 6) is -0.372.